The number of aromatic amines is 1. The molecule has 4 rings (SSSR count). The number of hydrogen-bond acceptors (Lipinski definition) is 6. The van der Waals surface area contributed by atoms with Crippen molar-refractivity contribution in [2.75, 3.05) is 5.32 Å². The van der Waals surface area contributed by atoms with Gasteiger partial charge in [-0.25, -0.2) is 4.98 Å². The Balaban J connectivity index is 1.60. The van der Waals surface area contributed by atoms with Gasteiger partial charge in [-0.15, -0.1) is 23.1 Å². The number of thiophene rings is 1. The topological polar surface area (TPSA) is 91.9 Å². The van der Waals surface area contributed by atoms with Crippen molar-refractivity contribution in [1.82, 2.24) is 9.97 Å². The Morgan fingerprint density at radius 2 is 1.91 bits per heavy atom. The third-order valence-electron chi connectivity index (χ3n) is 5.29. The van der Waals surface area contributed by atoms with Crippen molar-refractivity contribution < 1.29 is 9.59 Å². The van der Waals surface area contributed by atoms with E-state index in [1.165, 1.54) is 29.4 Å². The molecule has 0 aliphatic rings. The van der Waals surface area contributed by atoms with Gasteiger partial charge in [0.05, 0.1) is 16.0 Å². The molecule has 0 radical (unpaired) electrons. The van der Waals surface area contributed by atoms with Crippen LogP contribution in [0.1, 0.15) is 49.5 Å². The number of hydrogen-bond donors (Lipinski definition) is 2. The molecule has 6 nitrogen and oxygen atoms in total. The Morgan fingerprint density at radius 1 is 1.12 bits per heavy atom. The normalized spacial score (nSPS) is 11.0. The molecule has 2 heterocycles. The van der Waals surface area contributed by atoms with Gasteiger partial charge >= 0.3 is 0 Å². The van der Waals surface area contributed by atoms with Crippen molar-refractivity contribution in [3.8, 4) is 0 Å². The van der Waals surface area contributed by atoms with E-state index in [1.54, 1.807) is 43.0 Å². The number of ketones is 1. The van der Waals surface area contributed by atoms with Crippen LogP contribution in [-0.4, -0.2) is 21.7 Å². The van der Waals surface area contributed by atoms with Crippen LogP contribution >= 0.6 is 23.1 Å². The summed E-state index contributed by atoms with van der Waals surface area (Å²) >= 11 is 2.82. The van der Waals surface area contributed by atoms with E-state index in [0.29, 0.717) is 43.5 Å². The van der Waals surface area contributed by atoms with E-state index >= 15 is 0 Å². The van der Waals surface area contributed by atoms with Gasteiger partial charge in [-0.3, -0.25) is 14.4 Å². The third kappa shape index (κ3) is 4.91. The molecular weight excluding hydrogens is 454 g/mol. The molecule has 0 unspecified atom stereocenters. The van der Waals surface area contributed by atoms with Gasteiger partial charge in [-0.1, -0.05) is 29.8 Å². The number of amides is 1. The maximum absolute atomic E-state index is 12.9. The minimum absolute atomic E-state index is 0.0777. The Hall–Kier alpha value is -3.23. The SMILES string of the molecule is CC(=O)c1cccc(NC(=O)c2sc3nc(CSc4cc(C)ccc4C)[nH]c(=O)c3c2C)c1. The minimum atomic E-state index is -0.332. The van der Waals surface area contributed by atoms with Gasteiger partial charge in [0, 0.05) is 16.1 Å². The number of aromatic nitrogens is 2. The first-order valence-corrected chi connectivity index (χ1v) is 12.2. The number of fused-ring (bicyclic) bond motifs is 1. The van der Waals surface area contributed by atoms with E-state index < -0.39 is 0 Å². The minimum Gasteiger partial charge on any atom is -0.321 e. The van der Waals surface area contributed by atoms with Gasteiger partial charge in [-0.2, -0.15) is 0 Å². The molecule has 2 aromatic carbocycles. The summed E-state index contributed by atoms with van der Waals surface area (Å²) in [7, 11) is 0. The van der Waals surface area contributed by atoms with Crippen LogP contribution in [0, 0.1) is 20.8 Å². The largest absolute Gasteiger partial charge is 0.321 e. The van der Waals surface area contributed by atoms with Crippen LogP contribution in [0.2, 0.25) is 0 Å². The molecule has 8 heteroatoms. The van der Waals surface area contributed by atoms with Crippen LogP contribution in [0.4, 0.5) is 5.69 Å². The molecule has 0 aliphatic carbocycles. The fourth-order valence-corrected chi connectivity index (χ4v) is 5.58. The predicted octanol–water partition coefficient (Wildman–Crippen LogP) is 5.66. The van der Waals surface area contributed by atoms with Crippen molar-refractivity contribution >= 4 is 50.7 Å². The third-order valence-corrected chi connectivity index (χ3v) is 7.64. The molecule has 1 amide bonds. The van der Waals surface area contributed by atoms with Crippen molar-refractivity contribution in [2.24, 2.45) is 0 Å². The van der Waals surface area contributed by atoms with Crippen molar-refractivity contribution in [1.29, 1.82) is 0 Å². The molecule has 0 aliphatic heterocycles. The second kappa shape index (κ2) is 9.33. The standard InChI is InChI=1S/C25H23N3O3S2/c1-13-8-9-14(2)19(10-13)32-12-20-27-23(30)21-15(3)22(33-25(21)28-20)24(31)26-18-7-5-6-17(11-18)16(4)29/h5-11H,12H2,1-4H3,(H,26,31)(H,27,28,30). The fourth-order valence-electron chi connectivity index (χ4n) is 3.49. The van der Waals surface area contributed by atoms with Gasteiger partial charge in [-0.05, 0) is 57.0 Å². The summed E-state index contributed by atoms with van der Waals surface area (Å²) in [4.78, 5) is 47.0. The van der Waals surface area contributed by atoms with Crippen molar-refractivity contribution in [3.63, 3.8) is 0 Å². The van der Waals surface area contributed by atoms with Crippen LogP contribution < -0.4 is 10.9 Å². The van der Waals surface area contributed by atoms with Crippen molar-refractivity contribution in [3.05, 3.63) is 85.8 Å². The summed E-state index contributed by atoms with van der Waals surface area (Å²) in [5, 5.41) is 3.26. The van der Waals surface area contributed by atoms with E-state index in [4.69, 9.17) is 0 Å². The summed E-state index contributed by atoms with van der Waals surface area (Å²) < 4.78 is 0. The predicted molar refractivity (Wildman–Crippen MR) is 135 cm³/mol. The molecular formula is C25H23N3O3S2. The first-order chi connectivity index (χ1) is 15.7. The van der Waals surface area contributed by atoms with Crippen LogP contribution in [-0.2, 0) is 5.75 Å². The number of H-pyrrole nitrogens is 1. The first-order valence-electron chi connectivity index (χ1n) is 10.4. The molecule has 33 heavy (non-hydrogen) atoms. The van der Waals surface area contributed by atoms with E-state index in [-0.39, 0.29) is 17.2 Å². The second-order valence-corrected chi connectivity index (χ2v) is 9.91. The molecule has 0 saturated carbocycles. The fraction of sp³-hybridized carbons (Fsp3) is 0.200. The average molecular weight is 478 g/mol. The number of carbonyl (C=O) groups is 2. The van der Waals surface area contributed by atoms with E-state index in [0.717, 1.165) is 4.90 Å². The van der Waals surface area contributed by atoms with E-state index in [1.807, 2.05) is 6.92 Å². The Bertz CT molecular complexity index is 1450. The molecule has 0 bridgehead atoms. The lowest BCUT2D eigenvalue weighted by molar-refractivity contribution is 0.101. The highest BCUT2D eigenvalue weighted by Crippen LogP contribution is 2.30. The number of rotatable bonds is 6. The highest BCUT2D eigenvalue weighted by molar-refractivity contribution is 7.98. The Morgan fingerprint density at radius 3 is 2.67 bits per heavy atom. The quantitative estimate of drug-likeness (QED) is 0.276. The van der Waals surface area contributed by atoms with Crippen LogP contribution in [0.25, 0.3) is 10.2 Å². The summed E-state index contributed by atoms with van der Waals surface area (Å²) in [5.41, 5.74) is 3.75. The first kappa shape index (κ1) is 22.9. The van der Waals surface area contributed by atoms with Crippen LogP contribution in [0.3, 0.4) is 0 Å². The van der Waals surface area contributed by atoms with Crippen LogP contribution in [0.15, 0.2) is 52.2 Å². The summed E-state index contributed by atoms with van der Waals surface area (Å²) in [6.45, 7) is 7.33. The molecule has 0 fully saturated rings. The average Bonchev–Trinajstić information content (AvgIpc) is 3.11. The number of nitrogens with zero attached hydrogens (tertiary/aromatic N) is 1. The van der Waals surface area contributed by atoms with Gasteiger partial charge in [0.1, 0.15) is 10.7 Å². The summed E-state index contributed by atoms with van der Waals surface area (Å²) in [6, 6.07) is 13.0. The monoisotopic (exact) mass is 477 g/mol. The van der Waals surface area contributed by atoms with Gasteiger partial charge in [0.2, 0.25) is 0 Å². The number of anilines is 1. The number of thioether (sulfide) groups is 1. The Kier molecular flexibility index (Phi) is 6.49. The zero-order valence-corrected chi connectivity index (χ0v) is 20.4. The highest BCUT2D eigenvalue weighted by Gasteiger charge is 2.20. The zero-order valence-electron chi connectivity index (χ0n) is 18.7. The molecule has 2 N–H and O–H groups in total. The van der Waals surface area contributed by atoms with Gasteiger partial charge in [0.25, 0.3) is 11.5 Å². The number of aryl methyl sites for hydroxylation is 3. The number of nitrogens with one attached hydrogen (secondary N) is 2. The molecule has 0 saturated heterocycles. The summed E-state index contributed by atoms with van der Waals surface area (Å²) in [5.74, 6) is 0.681. The van der Waals surface area contributed by atoms with Crippen LogP contribution in [0.5, 0.6) is 0 Å². The number of Topliss-reactive ketones (excluding diaryl/α,β-unsaturated/α-hetero) is 1. The molecule has 2 aromatic heterocycles. The lowest BCUT2D eigenvalue weighted by atomic mass is 10.1. The molecule has 0 atom stereocenters. The maximum Gasteiger partial charge on any atom is 0.266 e. The Labute approximate surface area is 199 Å². The van der Waals surface area contributed by atoms with E-state index in [9.17, 15) is 14.4 Å². The zero-order chi connectivity index (χ0) is 23.7. The molecule has 4 aromatic rings. The number of carbonyl (C=O) groups excluding carboxylic acids is 2. The summed E-state index contributed by atoms with van der Waals surface area (Å²) in [6.07, 6.45) is 0. The van der Waals surface area contributed by atoms with Gasteiger partial charge in [0.15, 0.2) is 5.78 Å². The van der Waals surface area contributed by atoms with Gasteiger partial charge < -0.3 is 10.3 Å². The highest BCUT2D eigenvalue weighted by atomic mass is 32.2. The maximum atomic E-state index is 12.9. The lowest BCUT2D eigenvalue weighted by Gasteiger charge is -2.06. The van der Waals surface area contributed by atoms with Crippen molar-refractivity contribution in [2.45, 2.75) is 38.3 Å². The molecule has 0 spiro atoms. The number of benzene rings is 2. The lowest BCUT2D eigenvalue weighted by Crippen LogP contribution is -2.13. The molecule has 168 valence electrons. The van der Waals surface area contributed by atoms with E-state index in [2.05, 4.69) is 40.4 Å². The smallest absolute Gasteiger partial charge is 0.266 e. The second-order valence-electron chi connectivity index (χ2n) is 7.90.